The summed E-state index contributed by atoms with van der Waals surface area (Å²) < 4.78 is 41.7. The van der Waals surface area contributed by atoms with E-state index in [0.717, 1.165) is 36.4 Å². The number of halogens is 3. The molecule has 0 bridgehead atoms. The van der Waals surface area contributed by atoms with Crippen molar-refractivity contribution >= 4 is 11.6 Å². The van der Waals surface area contributed by atoms with Gasteiger partial charge in [0.1, 0.15) is 5.69 Å². The molecule has 1 aliphatic rings. The SMILES string of the molecule is Cc1c(C(F)(F)F)nn2ccc(C#Cc3nc(N4CCCC4)n(C)n3)nc12. The highest BCUT2D eigenvalue weighted by Crippen LogP contribution is 2.31. The predicted molar refractivity (Wildman–Crippen MR) is 91.2 cm³/mol. The maximum absolute atomic E-state index is 13.0. The Kier molecular flexibility index (Phi) is 4.02. The molecule has 1 fully saturated rings. The maximum Gasteiger partial charge on any atom is 0.435 e. The van der Waals surface area contributed by atoms with Crippen LogP contribution in [0.2, 0.25) is 0 Å². The van der Waals surface area contributed by atoms with Gasteiger partial charge in [-0.05, 0) is 37.7 Å². The minimum absolute atomic E-state index is 0.0292. The highest BCUT2D eigenvalue weighted by Gasteiger charge is 2.37. The third-order valence-corrected chi connectivity index (χ3v) is 4.42. The van der Waals surface area contributed by atoms with Crippen LogP contribution in [0.4, 0.5) is 19.1 Å². The van der Waals surface area contributed by atoms with Gasteiger partial charge in [0.15, 0.2) is 11.3 Å². The largest absolute Gasteiger partial charge is 0.435 e. The molecule has 0 amide bonds. The number of aryl methyl sites for hydroxylation is 2. The fraction of sp³-hybridized carbons (Fsp3) is 0.412. The number of rotatable bonds is 1. The van der Waals surface area contributed by atoms with Crippen molar-refractivity contribution in [1.82, 2.24) is 29.4 Å². The van der Waals surface area contributed by atoms with E-state index in [1.807, 2.05) is 7.05 Å². The molecule has 4 heterocycles. The summed E-state index contributed by atoms with van der Waals surface area (Å²) in [6.45, 7) is 3.23. The summed E-state index contributed by atoms with van der Waals surface area (Å²) in [6, 6.07) is 1.51. The first-order valence-electron chi connectivity index (χ1n) is 8.44. The molecule has 0 spiro atoms. The molecule has 140 valence electrons. The zero-order valence-corrected chi connectivity index (χ0v) is 14.7. The molecule has 0 saturated carbocycles. The molecule has 3 aromatic rings. The monoisotopic (exact) mass is 375 g/mol. The summed E-state index contributed by atoms with van der Waals surface area (Å²) in [5, 5.41) is 7.83. The van der Waals surface area contributed by atoms with Crippen LogP contribution in [0, 0.1) is 18.8 Å². The molecule has 10 heteroatoms. The van der Waals surface area contributed by atoms with E-state index >= 15 is 0 Å². The summed E-state index contributed by atoms with van der Waals surface area (Å²) in [6.07, 6.45) is -0.853. The Labute approximate surface area is 152 Å². The molecule has 27 heavy (non-hydrogen) atoms. The Hall–Kier alpha value is -3.09. The van der Waals surface area contributed by atoms with Crippen molar-refractivity contribution in [3.8, 4) is 11.8 Å². The van der Waals surface area contributed by atoms with Gasteiger partial charge in [-0.2, -0.15) is 23.3 Å². The molecule has 1 aliphatic heterocycles. The van der Waals surface area contributed by atoms with E-state index in [2.05, 4.69) is 36.9 Å². The second-order valence-corrected chi connectivity index (χ2v) is 6.36. The zero-order valence-electron chi connectivity index (χ0n) is 14.7. The molecule has 0 unspecified atom stereocenters. The first-order valence-corrected chi connectivity index (χ1v) is 8.44. The predicted octanol–water partition coefficient (Wildman–Crippen LogP) is 2.19. The van der Waals surface area contributed by atoms with E-state index < -0.39 is 11.9 Å². The molecule has 0 aromatic carbocycles. The number of aromatic nitrogens is 6. The Balaban J connectivity index is 1.65. The molecule has 4 rings (SSSR count). The number of anilines is 1. The van der Waals surface area contributed by atoms with Crippen molar-refractivity contribution < 1.29 is 13.2 Å². The molecule has 3 aromatic heterocycles. The van der Waals surface area contributed by atoms with Crippen molar-refractivity contribution in [2.45, 2.75) is 25.9 Å². The molecular weight excluding hydrogens is 359 g/mol. The van der Waals surface area contributed by atoms with Crippen LogP contribution in [0.1, 0.15) is 35.6 Å². The second-order valence-electron chi connectivity index (χ2n) is 6.36. The minimum Gasteiger partial charge on any atom is -0.341 e. The lowest BCUT2D eigenvalue weighted by molar-refractivity contribution is -0.141. The molecule has 7 nitrogen and oxygen atoms in total. The molecule has 0 atom stereocenters. The second kappa shape index (κ2) is 6.26. The Morgan fingerprint density at radius 1 is 1.07 bits per heavy atom. The van der Waals surface area contributed by atoms with Crippen LogP contribution in [0.25, 0.3) is 5.65 Å². The molecular formula is C17H16F3N7. The molecule has 1 saturated heterocycles. The fourth-order valence-corrected chi connectivity index (χ4v) is 3.12. The van der Waals surface area contributed by atoms with Gasteiger partial charge >= 0.3 is 6.18 Å². The van der Waals surface area contributed by atoms with E-state index in [-0.39, 0.29) is 11.2 Å². The lowest BCUT2D eigenvalue weighted by atomic mass is 10.2. The van der Waals surface area contributed by atoms with E-state index in [1.54, 1.807) is 4.68 Å². The van der Waals surface area contributed by atoms with Crippen LogP contribution in [0.5, 0.6) is 0 Å². The van der Waals surface area contributed by atoms with Crippen molar-refractivity contribution in [2.75, 3.05) is 18.0 Å². The number of fused-ring (bicyclic) bond motifs is 1. The normalized spacial score (nSPS) is 14.6. The molecule has 0 radical (unpaired) electrons. The van der Waals surface area contributed by atoms with Gasteiger partial charge < -0.3 is 4.90 Å². The van der Waals surface area contributed by atoms with Crippen LogP contribution < -0.4 is 4.90 Å². The van der Waals surface area contributed by atoms with E-state index in [9.17, 15) is 13.2 Å². The van der Waals surface area contributed by atoms with Crippen molar-refractivity contribution in [3.05, 3.63) is 35.0 Å². The van der Waals surface area contributed by atoms with E-state index in [0.29, 0.717) is 11.5 Å². The molecule has 0 aliphatic carbocycles. The van der Waals surface area contributed by atoms with Gasteiger partial charge in [0.25, 0.3) is 0 Å². The van der Waals surface area contributed by atoms with Crippen molar-refractivity contribution in [3.63, 3.8) is 0 Å². The van der Waals surface area contributed by atoms with Crippen molar-refractivity contribution in [2.24, 2.45) is 7.05 Å². The van der Waals surface area contributed by atoms with Crippen LogP contribution in [-0.2, 0) is 13.2 Å². The summed E-state index contributed by atoms with van der Waals surface area (Å²) in [5.74, 6) is 6.77. The Bertz CT molecular complexity index is 1060. The highest BCUT2D eigenvalue weighted by atomic mass is 19.4. The third kappa shape index (κ3) is 3.20. The van der Waals surface area contributed by atoms with E-state index in [4.69, 9.17) is 0 Å². The average Bonchev–Trinajstić information content (AvgIpc) is 3.32. The number of alkyl halides is 3. The fourth-order valence-electron chi connectivity index (χ4n) is 3.12. The van der Waals surface area contributed by atoms with Gasteiger partial charge in [-0.25, -0.2) is 14.2 Å². The smallest absolute Gasteiger partial charge is 0.341 e. The number of hydrogen-bond acceptors (Lipinski definition) is 5. The van der Waals surface area contributed by atoms with Gasteiger partial charge in [-0.3, -0.25) is 0 Å². The summed E-state index contributed by atoms with van der Waals surface area (Å²) >= 11 is 0. The third-order valence-electron chi connectivity index (χ3n) is 4.42. The average molecular weight is 375 g/mol. The quantitative estimate of drug-likeness (QED) is 0.610. The van der Waals surface area contributed by atoms with Crippen LogP contribution in [0.15, 0.2) is 12.3 Å². The topological polar surface area (TPSA) is 64.1 Å². The van der Waals surface area contributed by atoms with Gasteiger partial charge in [-0.15, -0.1) is 5.10 Å². The lowest BCUT2D eigenvalue weighted by Crippen LogP contribution is -2.21. The summed E-state index contributed by atoms with van der Waals surface area (Å²) in [5.41, 5.74) is -0.518. The number of nitrogens with zero attached hydrogens (tertiary/aromatic N) is 7. The van der Waals surface area contributed by atoms with Gasteiger partial charge in [0, 0.05) is 31.9 Å². The Morgan fingerprint density at radius 2 is 1.81 bits per heavy atom. The zero-order chi connectivity index (χ0) is 19.2. The van der Waals surface area contributed by atoms with E-state index in [1.165, 1.54) is 19.2 Å². The van der Waals surface area contributed by atoms with Crippen LogP contribution >= 0.6 is 0 Å². The van der Waals surface area contributed by atoms with Gasteiger partial charge in [0.05, 0.1) is 0 Å². The van der Waals surface area contributed by atoms with Gasteiger partial charge in [0.2, 0.25) is 11.8 Å². The minimum atomic E-state index is -4.52. The maximum atomic E-state index is 13.0. The first-order chi connectivity index (χ1) is 12.8. The molecule has 0 N–H and O–H groups in total. The highest BCUT2D eigenvalue weighted by molar-refractivity contribution is 5.52. The van der Waals surface area contributed by atoms with Crippen molar-refractivity contribution in [1.29, 1.82) is 0 Å². The van der Waals surface area contributed by atoms with Gasteiger partial charge in [-0.1, -0.05) is 0 Å². The summed E-state index contributed by atoms with van der Waals surface area (Å²) in [7, 11) is 1.81. The van der Waals surface area contributed by atoms with Crippen LogP contribution in [-0.4, -0.2) is 42.5 Å². The summed E-state index contributed by atoms with van der Waals surface area (Å²) in [4.78, 5) is 10.8. The first kappa shape index (κ1) is 17.3. The number of hydrogen-bond donors (Lipinski definition) is 0. The lowest BCUT2D eigenvalue weighted by Gasteiger charge is -2.14. The standard InChI is InChI=1S/C17H16F3N7/c1-11-14(17(18,19)20)24-27-10-7-12(21-15(11)27)5-6-13-22-16(25(2)23-13)26-8-3-4-9-26/h7,10H,3-4,8-9H2,1-2H3. The van der Waals surface area contributed by atoms with Crippen LogP contribution in [0.3, 0.4) is 0 Å². The Morgan fingerprint density at radius 3 is 2.52 bits per heavy atom.